The molecule has 0 atom stereocenters. The first-order valence-corrected chi connectivity index (χ1v) is 9.92. The normalized spacial score (nSPS) is 14.9. The zero-order valence-corrected chi connectivity index (χ0v) is 16.0. The van der Waals surface area contributed by atoms with Crippen molar-refractivity contribution in [3.63, 3.8) is 0 Å². The quantitative estimate of drug-likeness (QED) is 0.760. The molecule has 1 amide bonds. The van der Waals surface area contributed by atoms with Gasteiger partial charge in [-0.1, -0.05) is 0 Å². The monoisotopic (exact) mass is 394 g/mol. The lowest BCUT2D eigenvalue weighted by atomic mass is 10.2. The zero-order chi connectivity index (χ0) is 19.4. The summed E-state index contributed by atoms with van der Waals surface area (Å²) in [5.74, 6) is 0.739. The molecule has 0 aliphatic carbocycles. The van der Waals surface area contributed by atoms with E-state index in [0.717, 1.165) is 12.8 Å². The van der Waals surface area contributed by atoms with Crippen LogP contribution in [0.4, 0.5) is 5.69 Å². The third-order valence-corrected chi connectivity index (χ3v) is 6.06. The maximum Gasteiger partial charge on any atom is 0.262 e. The fourth-order valence-electron chi connectivity index (χ4n) is 2.90. The van der Waals surface area contributed by atoms with Crippen LogP contribution in [0.2, 0.25) is 0 Å². The summed E-state index contributed by atoms with van der Waals surface area (Å²) >= 11 is 0. The number of sulfonamides is 1. The van der Waals surface area contributed by atoms with E-state index in [0.29, 0.717) is 30.3 Å². The van der Waals surface area contributed by atoms with Gasteiger partial charge in [0.2, 0.25) is 5.91 Å². The highest BCUT2D eigenvalue weighted by atomic mass is 32.2. The standard InChI is InChI=1S/C17H22N4O5S/c1-25-14-6-5-13(9-15(14)26-2)19-16(22)10-20-11-17(18-12-20)27(23,24)21-7-3-4-8-21/h5-6,9,11-12H,3-4,7-8,10H2,1-2H3,(H,19,22). The number of carbonyl (C=O) groups excluding carboxylic acids is 1. The van der Waals surface area contributed by atoms with E-state index in [1.54, 1.807) is 18.2 Å². The lowest BCUT2D eigenvalue weighted by molar-refractivity contribution is -0.116. The molecule has 1 fully saturated rings. The van der Waals surface area contributed by atoms with Crippen molar-refractivity contribution in [2.45, 2.75) is 24.4 Å². The summed E-state index contributed by atoms with van der Waals surface area (Å²) in [5, 5.41) is 2.70. The summed E-state index contributed by atoms with van der Waals surface area (Å²) in [6.45, 7) is 0.959. The predicted molar refractivity (Wildman–Crippen MR) is 98.4 cm³/mol. The molecule has 1 aromatic heterocycles. The largest absolute Gasteiger partial charge is 0.493 e. The van der Waals surface area contributed by atoms with Gasteiger partial charge in [0.1, 0.15) is 6.54 Å². The van der Waals surface area contributed by atoms with Crippen molar-refractivity contribution in [1.82, 2.24) is 13.9 Å². The van der Waals surface area contributed by atoms with Gasteiger partial charge in [0, 0.05) is 31.0 Å². The first-order chi connectivity index (χ1) is 12.9. The summed E-state index contributed by atoms with van der Waals surface area (Å²) < 4.78 is 38.2. The number of hydrogen-bond acceptors (Lipinski definition) is 6. The number of amides is 1. The Morgan fingerprint density at radius 3 is 2.56 bits per heavy atom. The second-order valence-corrected chi connectivity index (χ2v) is 8.00. The van der Waals surface area contributed by atoms with Crippen LogP contribution in [-0.2, 0) is 21.4 Å². The van der Waals surface area contributed by atoms with Gasteiger partial charge in [0.25, 0.3) is 10.0 Å². The van der Waals surface area contributed by atoms with Crippen LogP contribution in [0.5, 0.6) is 11.5 Å². The van der Waals surface area contributed by atoms with Gasteiger partial charge in [-0.3, -0.25) is 4.79 Å². The molecular formula is C17H22N4O5S. The van der Waals surface area contributed by atoms with Gasteiger partial charge in [0.05, 0.1) is 20.5 Å². The molecule has 0 spiro atoms. The number of imidazole rings is 1. The van der Waals surface area contributed by atoms with E-state index in [-0.39, 0.29) is 17.5 Å². The summed E-state index contributed by atoms with van der Waals surface area (Å²) in [6.07, 6.45) is 4.43. The Labute approximate surface area is 158 Å². The van der Waals surface area contributed by atoms with E-state index in [1.165, 1.54) is 35.6 Å². The van der Waals surface area contributed by atoms with Gasteiger partial charge in [0.15, 0.2) is 16.5 Å². The van der Waals surface area contributed by atoms with Crippen LogP contribution in [0.25, 0.3) is 0 Å². The number of benzene rings is 1. The molecule has 0 radical (unpaired) electrons. The van der Waals surface area contributed by atoms with E-state index in [2.05, 4.69) is 10.3 Å². The average Bonchev–Trinajstić information content (AvgIpc) is 3.34. The topological polar surface area (TPSA) is 103 Å². The molecule has 2 aromatic rings. The van der Waals surface area contributed by atoms with Gasteiger partial charge < -0.3 is 19.4 Å². The first kappa shape index (κ1) is 19.2. The van der Waals surface area contributed by atoms with Crippen LogP contribution < -0.4 is 14.8 Å². The molecule has 1 aliphatic heterocycles. The summed E-state index contributed by atoms with van der Waals surface area (Å²) in [6, 6.07) is 5.02. The number of nitrogens with zero attached hydrogens (tertiary/aromatic N) is 3. The second-order valence-electron chi connectivity index (χ2n) is 6.11. The van der Waals surface area contributed by atoms with Crippen molar-refractivity contribution in [2.75, 3.05) is 32.6 Å². The van der Waals surface area contributed by atoms with Crippen LogP contribution in [0.3, 0.4) is 0 Å². The second kappa shape index (κ2) is 7.97. The van der Waals surface area contributed by atoms with Gasteiger partial charge in [-0.2, -0.15) is 4.31 Å². The maximum absolute atomic E-state index is 12.5. The van der Waals surface area contributed by atoms with Gasteiger partial charge in [-0.05, 0) is 25.0 Å². The van der Waals surface area contributed by atoms with Gasteiger partial charge >= 0.3 is 0 Å². The Bertz CT molecular complexity index is 919. The number of nitrogens with one attached hydrogen (secondary N) is 1. The molecular weight excluding hydrogens is 372 g/mol. The molecule has 9 nitrogen and oxygen atoms in total. The molecule has 1 aromatic carbocycles. The fourth-order valence-corrected chi connectivity index (χ4v) is 4.35. The molecule has 1 N–H and O–H groups in total. The minimum absolute atomic E-state index is 0.0386. The molecule has 27 heavy (non-hydrogen) atoms. The van der Waals surface area contributed by atoms with Crippen molar-refractivity contribution >= 4 is 21.6 Å². The van der Waals surface area contributed by atoms with E-state index in [1.807, 2.05) is 0 Å². The first-order valence-electron chi connectivity index (χ1n) is 8.48. The number of anilines is 1. The van der Waals surface area contributed by atoms with Crippen LogP contribution in [-0.4, -0.2) is 55.5 Å². The van der Waals surface area contributed by atoms with Crippen molar-refractivity contribution in [3.05, 3.63) is 30.7 Å². The van der Waals surface area contributed by atoms with Gasteiger partial charge in [-0.15, -0.1) is 0 Å². The minimum atomic E-state index is -3.59. The number of methoxy groups -OCH3 is 2. The van der Waals surface area contributed by atoms with E-state index >= 15 is 0 Å². The highest BCUT2D eigenvalue weighted by molar-refractivity contribution is 7.89. The van der Waals surface area contributed by atoms with E-state index in [4.69, 9.17) is 9.47 Å². The summed E-state index contributed by atoms with van der Waals surface area (Å²) in [7, 11) is -0.548. The fraction of sp³-hybridized carbons (Fsp3) is 0.412. The van der Waals surface area contributed by atoms with Crippen LogP contribution in [0.15, 0.2) is 35.7 Å². The smallest absolute Gasteiger partial charge is 0.262 e. The number of carbonyl (C=O) groups is 1. The van der Waals surface area contributed by atoms with Crippen LogP contribution in [0, 0.1) is 0 Å². The molecule has 2 heterocycles. The van der Waals surface area contributed by atoms with Crippen LogP contribution in [0.1, 0.15) is 12.8 Å². The molecule has 1 saturated heterocycles. The van der Waals surface area contributed by atoms with Crippen molar-refractivity contribution in [1.29, 1.82) is 0 Å². The summed E-state index contributed by atoms with van der Waals surface area (Å²) in [5.41, 5.74) is 0.544. The lowest BCUT2D eigenvalue weighted by Gasteiger charge is -2.12. The summed E-state index contributed by atoms with van der Waals surface area (Å²) in [4.78, 5) is 16.2. The Balaban J connectivity index is 1.66. The molecule has 0 bridgehead atoms. The lowest BCUT2D eigenvalue weighted by Crippen LogP contribution is -2.28. The predicted octanol–water partition coefficient (Wildman–Crippen LogP) is 1.32. The third kappa shape index (κ3) is 4.22. The number of ether oxygens (including phenoxy) is 2. The number of hydrogen-bond donors (Lipinski definition) is 1. The molecule has 3 rings (SSSR count). The Morgan fingerprint density at radius 2 is 1.89 bits per heavy atom. The maximum atomic E-state index is 12.5. The van der Waals surface area contributed by atoms with Gasteiger partial charge in [-0.25, -0.2) is 13.4 Å². The van der Waals surface area contributed by atoms with Crippen molar-refractivity contribution in [2.24, 2.45) is 0 Å². The Kier molecular flexibility index (Phi) is 5.66. The van der Waals surface area contributed by atoms with Crippen molar-refractivity contribution < 1.29 is 22.7 Å². The Morgan fingerprint density at radius 1 is 1.19 bits per heavy atom. The molecule has 0 unspecified atom stereocenters. The highest BCUT2D eigenvalue weighted by Gasteiger charge is 2.29. The number of aromatic nitrogens is 2. The Hall–Kier alpha value is -2.59. The van der Waals surface area contributed by atoms with Crippen molar-refractivity contribution in [3.8, 4) is 11.5 Å². The average molecular weight is 394 g/mol. The number of rotatable bonds is 7. The molecule has 146 valence electrons. The highest BCUT2D eigenvalue weighted by Crippen LogP contribution is 2.29. The molecule has 1 aliphatic rings. The van der Waals surface area contributed by atoms with E-state index in [9.17, 15) is 13.2 Å². The molecule has 10 heteroatoms. The SMILES string of the molecule is COc1ccc(NC(=O)Cn2cnc(S(=O)(=O)N3CCCC3)c2)cc1OC. The van der Waals surface area contributed by atoms with Crippen LogP contribution >= 0.6 is 0 Å². The van der Waals surface area contributed by atoms with E-state index < -0.39 is 10.0 Å². The minimum Gasteiger partial charge on any atom is -0.493 e. The zero-order valence-electron chi connectivity index (χ0n) is 15.2. The third-order valence-electron chi connectivity index (χ3n) is 4.27. The molecule has 0 saturated carbocycles.